The molecule has 1 aliphatic heterocycles. The highest BCUT2D eigenvalue weighted by Gasteiger charge is 2.33. The number of hydrogen-bond donors (Lipinski definition) is 2. The summed E-state index contributed by atoms with van der Waals surface area (Å²) in [4.78, 5) is 17.4. The van der Waals surface area contributed by atoms with Gasteiger partial charge in [-0.3, -0.25) is 9.69 Å². The van der Waals surface area contributed by atoms with Gasteiger partial charge in [0, 0.05) is 35.2 Å². The van der Waals surface area contributed by atoms with Gasteiger partial charge in [0.25, 0.3) is 5.91 Å². The molecule has 3 aromatic rings. The van der Waals surface area contributed by atoms with Gasteiger partial charge < -0.3 is 15.5 Å². The zero-order valence-corrected chi connectivity index (χ0v) is 18.6. The average Bonchev–Trinajstić information content (AvgIpc) is 3.54. The smallest absolute Gasteiger partial charge is 0.252 e. The lowest BCUT2D eigenvalue weighted by Crippen LogP contribution is -2.45. The van der Waals surface area contributed by atoms with Gasteiger partial charge in [-0.15, -0.1) is 0 Å². The van der Waals surface area contributed by atoms with Crippen molar-refractivity contribution in [1.29, 1.82) is 0 Å². The Bertz CT molecular complexity index is 1170. The minimum absolute atomic E-state index is 0.0675. The first-order chi connectivity index (χ1) is 16.0. The lowest BCUT2D eigenvalue weighted by atomic mass is 9.97. The van der Waals surface area contributed by atoms with Crippen molar-refractivity contribution in [3.63, 3.8) is 0 Å². The van der Waals surface area contributed by atoms with Gasteiger partial charge in [-0.1, -0.05) is 0 Å². The van der Waals surface area contributed by atoms with Gasteiger partial charge in [0.05, 0.1) is 5.56 Å². The summed E-state index contributed by atoms with van der Waals surface area (Å²) in [5.41, 5.74) is 8.23. The van der Waals surface area contributed by atoms with Crippen molar-refractivity contribution in [3.05, 3.63) is 64.9 Å². The fourth-order valence-corrected chi connectivity index (χ4v) is 4.90. The highest BCUT2D eigenvalue weighted by molar-refractivity contribution is 5.96. The number of amides is 1. The number of primary amides is 1. The van der Waals surface area contributed by atoms with Gasteiger partial charge in [0.15, 0.2) is 0 Å². The maximum absolute atomic E-state index is 14.6. The first kappa shape index (κ1) is 21.9. The number of rotatable bonds is 9. The highest BCUT2D eigenvalue weighted by atomic mass is 19.1. The molecule has 1 saturated carbocycles. The predicted octanol–water partition coefficient (Wildman–Crippen LogP) is 4.58. The van der Waals surface area contributed by atoms with E-state index in [0.717, 1.165) is 48.8 Å². The fourth-order valence-electron chi connectivity index (χ4n) is 4.90. The Morgan fingerprint density at radius 2 is 2.03 bits per heavy atom. The molecule has 0 saturated heterocycles. The number of hydrogen-bond acceptors (Lipinski definition) is 3. The van der Waals surface area contributed by atoms with Crippen molar-refractivity contribution < 1.29 is 18.3 Å². The van der Waals surface area contributed by atoms with E-state index in [4.69, 9.17) is 10.5 Å². The molecule has 174 valence electrons. The number of unbranched alkanes of at least 4 members (excludes halogenated alkanes) is 1. The topological polar surface area (TPSA) is 71.4 Å². The summed E-state index contributed by atoms with van der Waals surface area (Å²) < 4.78 is 34.1. The highest BCUT2D eigenvalue weighted by Crippen LogP contribution is 2.35. The third-order valence-electron chi connectivity index (χ3n) is 6.91. The second-order valence-corrected chi connectivity index (χ2v) is 9.34. The number of benzene rings is 2. The SMILES string of the molecule is NC(=O)c1ccc(F)c2c1OCC(N(CCCCc1c[nH]c3ccc(F)cc13)CC1CC1)C2. The number of carbonyl (C=O) groups excluding carboxylic acids is 1. The van der Waals surface area contributed by atoms with E-state index < -0.39 is 5.91 Å². The summed E-state index contributed by atoms with van der Waals surface area (Å²) in [6, 6.07) is 7.60. The van der Waals surface area contributed by atoms with Crippen molar-refractivity contribution in [3.8, 4) is 5.75 Å². The molecule has 1 amide bonds. The lowest BCUT2D eigenvalue weighted by molar-refractivity contribution is 0.0969. The van der Waals surface area contributed by atoms with E-state index in [1.54, 1.807) is 12.1 Å². The molecule has 2 heterocycles. The number of H-pyrrole nitrogens is 1. The second-order valence-electron chi connectivity index (χ2n) is 9.34. The van der Waals surface area contributed by atoms with Crippen molar-refractivity contribution in [2.45, 2.75) is 44.6 Å². The van der Waals surface area contributed by atoms with Crippen molar-refractivity contribution in [2.24, 2.45) is 11.7 Å². The Labute approximate surface area is 191 Å². The van der Waals surface area contributed by atoms with Crippen LogP contribution in [0.4, 0.5) is 8.78 Å². The van der Waals surface area contributed by atoms with Gasteiger partial charge in [0.1, 0.15) is 24.0 Å². The van der Waals surface area contributed by atoms with E-state index in [1.807, 2.05) is 6.20 Å². The van der Waals surface area contributed by atoms with Crippen LogP contribution in [-0.2, 0) is 12.8 Å². The molecular weight excluding hydrogens is 424 g/mol. The summed E-state index contributed by atoms with van der Waals surface area (Å²) in [5, 5.41) is 0.947. The molecule has 0 bridgehead atoms. The van der Waals surface area contributed by atoms with Gasteiger partial charge in [-0.25, -0.2) is 8.78 Å². The monoisotopic (exact) mass is 453 g/mol. The number of carbonyl (C=O) groups is 1. The van der Waals surface area contributed by atoms with Crippen LogP contribution in [-0.4, -0.2) is 41.5 Å². The summed E-state index contributed by atoms with van der Waals surface area (Å²) in [5.74, 6) is -0.168. The van der Waals surface area contributed by atoms with Crippen LogP contribution in [0.3, 0.4) is 0 Å². The minimum Gasteiger partial charge on any atom is -0.491 e. The second kappa shape index (κ2) is 9.14. The van der Waals surface area contributed by atoms with Gasteiger partial charge in [-0.05, 0) is 86.9 Å². The molecule has 3 N–H and O–H groups in total. The molecule has 5 nitrogen and oxygen atoms in total. The van der Waals surface area contributed by atoms with Crippen LogP contribution in [0.25, 0.3) is 10.9 Å². The molecule has 1 aromatic heterocycles. The Balaban J connectivity index is 1.23. The minimum atomic E-state index is -0.600. The van der Waals surface area contributed by atoms with E-state index in [9.17, 15) is 13.6 Å². The van der Waals surface area contributed by atoms with E-state index in [-0.39, 0.29) is 23.2 Å². The van der Waals surface area contributed by atoms with Crippen LogP contribution >= 0.6 is 0 Å². The van der Waals surface area contributed by atoms with E-state index in [0.29, 0.717) is 30.3 Å². The molecule has 1 unspecified atom stereocenters. The van der Waals surface area contributed by atoms with Crippen LogP contribution in [0.15, 0.2) is 36.5 Å². The fraction of sp³-hybridized carbons (Fsp3) is 0.423. The van der Waals surface area contributed by atoms with Gasteiger partial charge >= 0.3 is 0 Å². The number of nitrogens with two attached hydrogens (primary N) is 1. The molecule has 2 aliphatic rings. The maximum atomic E-state index is 14.6. The van der Waals surface area contributed by atoms with Crippen molar-refractivity contribution >= 4 is 16.8 Å². The molecule has 5 rings (SSSR count). The van der Waals surface area contributed by atoms with Crippen molar-refractivity contribution in [2.75, 3.05) is 19.7 Å². The van der Waals surface area contributed by atoms with Crippen molar-refractivity contribution in [1.82, 2.24) is 9.88 Å². The molecule has 2 aromatic carbocycles. The largest absolute Gasteiger partial charge is 0.491 e. The summed E-state index contributed by atoms with van der Waals surface area (Å²) in [6.45, 7) is 2.30. The zero-order valence-electron chi connectivity index (χ0n) is 18.6. The van der Waals surface area contributed by atoms with Gasteiger partial charge in [-0.2, -0.15) is 0 Å². The third kappa shape index (κ3) is 4.74. The summed E-state index contributed by atoms with van der Waals surface area (Å²) in [7, 11) is 0. The van der Waals surface area contributed by atoms with E-state index in [2.05, 4.69) is 9.88 Å². The standard InChI is InChI=1S/C26H29F2N3O2/c27-18-6-9-24-21(11-18)17(13-30-24)3-1-2-10-31(14-16-4-5-16)19-12-22-23(28)8-7-20(26(29)32)25(22)33-15-19/h6-9,11,13,16,19,30H,1-5,10,12,14-15H2,(H2,29,32). The average molecular weight is 454 g/mol. The maximum Gasteiger partial charge on any atom is 0.252 e. The predicted molar refractivity (Wildman–Crippen MR) is 123 cm³/mol. The third-order valence-corrected chi connectivity index (χ3v) is 6.91. The van der Waals surface area contributed by atoms with Crippen LogP contribution < -0.4 is 10.5 Å². The van der Waals surface area contributed by atoms with Crippen LogP contribution in [0.2, 0.25) is 0 Å². The quantitative estimate of drug-likeness (QED) is 0.466. The molecule has 1 fully saturated rings. The van der Waals surface area contributed by atoms with Crippen LogP contribution in [0.5, 0.6) is 5.75 Å². The first-order valence-electron chi connectivity index (χ1n) is 11.7. The normalized spacial score (nSPS) is 17.8. The number of nitrogens with one attached hydrogen (secondary N) is 1. The number of ether oxygens (including phenoxy) is 1. The molecule has 0 radical (unpaired) electrons. The Kier molecular flexibility index (Phi) is 6.06. The molecule has 1 aliphatic carbocycles. The Morgan fingerprint density at radius 3 is 2.82 bits per heavy atom. The number of fused-ring (bicyclic) bond motifs is 2. The Hall–Kier alpha value is -2.93. The summed E-state index contributed by atoms with van der Waals surface area (Å²) in [6.07, 6.45) is 7.80. The molecular formula is C26H29F2N3O2. The lowest BCUT2D eigenvalue weighted by Gasteiger charge is -2.36. The van der Waals surface area contributed by atoms with Crippen LogP contribution in [0.1, 0.15) is 47.2 Å². The molecule has 0 spiro atoms. The molecule has 7 heteroatoms. The number of aromatic amines is 1. The number of nitrogens with zero attached hydrogens (tertiary/aromatic N) is 1. The molecule has 33 heavy (non-hydrogen) atoms. The zero-order chi connectivity index (χ0) is 22.9. The summed E-state index contributed by atoms with van der Waals surface area (Å²) >= 11 is 0. The first-order valence-corrected chi connectivity index (χ1v) is 11.7. The van der Waals surface area contributed by atoms with Gasteiger partial charge in [0.2, 0.25) is 0 Å². The van der Waals surface area contributed by atoms with E-state index >= 15 is 0 Å². The molecule has 1 atom stereocenters. The van der Waals surface area contributed by atoms with Crippen LogP contribution in [0, 0.1) is 17.6 Å². The number of halogens is 2. The van der Waals surface area contributed by atoms with E-state index in [1.165, 1.54) is 31.0 Å². The Morgan fingerprint density at radius 1 is 1.18 bits per heavy atom. The number of aromatic nitrogens is 1. The number of aryl methyl sites for hydroxylation is 1.